The van der Waals surface area contributed by atoms with Crippen LogP contribution in [0.1, 0.15) is 32.6 Å². The molecule has 1 fully saturated rings. The molecular weight excluding hydrogens is 358 g/mol. The molecule has 2 aromatic heterocycles. The summed E-state index contributed by atoms with van der Waals surface area (Å²) < 4.78 is 5.46. The average molecular weight is 382 g/mol. The molecule has 0 aliphatic carbocycles. The molecule has 1 saturated heterocycles. The number of para-hydroxylation sites is 1. The summed E-state index contributed by atoms with van der Waals surface area (Å²) in [5.41, 5.74) is 0.859. The number of piperidine rings is 1. The van der Waals surface area contributed by atoms with Gasteiger partial charge in [0.2, 0.25) is 5.91 Å². The second-order valence-corrected chi connectivity index (χ2v) is 7.74. The van der Waals surface area contributed by atoms with Crippen molar-refractivity contribution >= 4 is 28.6 Å². The number of rotatable bonds is 5. The molecule has 4 rings (SSSR count). The molecule has 0 spiro atoms. The molecular formula is C21H23N3O2S. The molecule has 3 heterocycles. The van der Waals surface area contributed by atoms with E-state index in [-0.39, 0.29) is 5.91 Å². The van der Waals surface area contributed by atoms with Gasteiger partial charge in [0, 0.05) is 18.0 Å². The van der Waals surface area contributed by atoms with Gasteiger partial charge in [-0.05, 0) is 43.9 Å². The first-order chi connectivity index (χ1) is 13.3. The molecule has 3 aromatic rings. The second-order valence-electron chi connectivity index (χ2n) is 6.78. The van der Waals surface area contributed by atoms with Crippen molar-refractivity contribution in [3.63, 3.8) is 0 Å². The van der Waals surface area contributed by atoms with Gasteiger partial charge in [0.05, 0.1) is 17.5 Å². The number of thioether (sulfide) groups is 1. The smallest absolute Gasteiger partial charge is 0.233 e. The standard InChI is InChI=1S/C21H23N3O2S/c1-2-15-8-5-6-12-24(15)19(25)14-27-21-16-9-3-4-10-17(16)22-20(23-21)18-11-7-13-26-18/h3-4,7,9-11,13,15H,2,5-6,8,12,14H2,1H3. The predicted molar refractivity (Wildman–Crippen MR) is 108 cm³/mol. The number of hydrogen-bond acceptors (Lipinski definition) is 5. The van der Waals surface area contributed by atoms with Crippen molar-refractivity contribution in [3.8, 4) is 11.6 Å². The molecule has 1 aliphatic heterocycles. The van der Waals surface area contributed by atoms with E-state index in [1.54, 1.807) is 6.26 Å². The average Bonchev–Trinajstić information content (AvgIpc) is 3.26. The van der Waals surface area contributed by atoms with E-state index < -0.39 is 0 Å². The molecule has 0 N–H and O–H groups in total. The van der Waals surface area contributed by atoms with Crippen LogP contribution in [0.4, 0.5) is 0 Å². The number of amides is 1. The number of carbonyl (C=O) groups is 1. The van der Waals surface area contributed by atoms with Crippen molar-refractivity contribution in [1.29, 1.82) is 0 Å². The zero-order chi connectivity index (χ0) is 18.6. The summed E-state index contributed by atoms with van der Waals surface area (Å²) in [7, 11) is 0. The van der Waals surface area contributed by atoms with Crippen LogP contribution in [-0.4, -0.2) is 39.1 Å². The largest absolute Gasteiger partial charge is 0.461 e. The number of aromatic nitrogens is 2. The zero-order valence-corrected chi connectivity index (χ0v) is 16.2. The van der Waals surface area contributed by atoms with Crippen LogP contribution in [0.3, 0.4) is 0 Å². The molecule has 140 valence electrons. The van der Waals surface area contributed by atoms with E-state index >= 15 is 0 Å². The van der Waals surface area contributed by atoms with Gasteiger partial charge >= 0.3 is 0 Å². The third-order valence-electron chi connectivity index (χ3n) is 5.06. The van der Waals surface area contributed by atoms with Gasteiger partial charge in [-0.2, -0.15) is 0 Å². The first kappa shape index (κ1) is 18.0. The Bertz CT molecular complexity index is 926. The minimum atomic E-state index is 0.203. The van der Waals surface area contributed by atoms with Crippen molar-refractivity contribution in [2.75, 3.05) is 12.3 Å². The number of furan rings is 1. The second kappa shape index (κ2) is 8.13. The Labute approximate surface area is 163 Å². The van der Waals surface area contributed by atoms with Gasteiger partial charge < -0.3 is 9.32 Å². The quantitative estimate of drug-likeness (QED) is 0.470. The third kappa shape index (κ3) is 3.86. The first-order valence-corrected chi connectivity index (χ1v) is 10.5. The Hall–Kier alpha value is -2.34. The molecule has 5 nitrogen and oxygen atoms in total. The first-order valence-electron chi connectivity index (χ1n) is 9.49. The van der Waals surface area contributed by atoms with Gasteiger partial charge in [0.1, 0.15) is 5.03 Å². The summed E-state index contributed by atoms with van der Waals surface area (Å²) in [6.45, 7) is 3.04. The van der Waals surface area contributed by atoms with E-state index in [2.05, 4.69) is 21.8 Å². The van der Waals surface area contributed by atoms with E-state index in [0.717, 1.165) is 41.7 Å². The molecule has 1 aliphatic rings. The summed E-state index contributed by atoms with van der Waals surface area (Å²) in [5, 5.41) is 1.79. The molecule has 27 heavy (non-hydrogen) atoms. The normalized spacial score (nSPS) is 17.4. The van der Waals surface area contributed by atoms with Gasteiger partial charge in [-0.3, -0.25) is 4.79 Å². The molecule has 0 radical (unpaired) electrons. The Morgan fingerprint density at radius 3 is 2.93 bits per heavy atom. The Morgan fingerprint density at radius 1 is 1.22 bits per heavy atom. The lowest BCUT2D eigenvalue weighted by molar-refractivity contribution is -0.132. The lowest BCUT2D eigenvalue weighted by Gasteiger charge is -2.35. The molecule has 1 atom stereocenters. The van der Waals surface area contributed by atoms with Crippen LogP contribution < -0.4 is 0 Å². The molecule has 6 heteroatoms. The Kier molecular flexibility index (Phi) is 5.43. The number of hydrogen-bond donors (Lipinski definition) is 0. The number of fused-ring (bicyclic) bond motifs is 1. The highest BCUT2D eigenvalue weighted by molar-refractivity contribution is 8.00. The van der Waals surface area contributed by atoms with Crippen LogP contribution in [0.5, 0.6) is 0 Å². The van der Waals surface area contributed by atoms with E-state index in [9.17, 15) is 4.79 Å². The van der Waals surface area contributed by atoms with E-state index in [0.29, 0.717) is 23.4 Å². The van der Waals surface area contributed by atoms with Gasteiger partial charge in [0.15, 0.2) is 11.6 Å². The van der Waals surface area contributed by atoms with Crippen molar-refractivity contribution < 1.29 is 9.21 Å². The molecule has 0 saturated carbocycles. The van der Waals surface area contributed by atoms with Crippen LogP contribution in [0, 0.1) is 0 Å². The van der Waals surface area contributed by atoms with Gasteiger partial charge in [-0.15, -0.1) is 0 Å². The zero-order valence-electron chi connectivity index (χ0n) is 15.4. The maximum absolute atomic E-state index is 12.8. The minimum absolute atomic E-state index is 0.203. The van der Waals surface area contributed by atoms with Crippen LogP contribution in [0.15, 0.2) is 52.1 Å². The SMILES string of the molecule is CCC1CCCCN1C(=O)CSc1nc(-c2ccco2)nc2ccccc12. The molecule has 1 aromatic carbocycles. The van der Waals surface area contributed by atoms with Crippen molar-refractivity contribution in [1.82, 2.24) is 14.9 Å². The van der Waals surface area contributed by atoms with Crippen LogP contribution >= 0.6 is 11.8 Å². The van der Waals surface area contributed by atoms with Gasteiger partial charge in [-0.1, -0.05) is 36.9 Å². The number of carbonyl (C=O) groups excluding carboxylic acids is 1. The van der Waals surface area contributed by atoms with E-state index in [4.69, 9.17) is 4.42 Å². The van der Waals surface area contributed by atoms with Gasteiger partial charge in [0.25, 0.3) is 0 Å². The molecule has 1 amide bonds. The number of likely N-dealkylation sites (tertiary alicyclic amines) is 1. The lowest BCUT2D eigenvalue weighted by atomic mass is 10.0. The Morgan fingerprint density at radius 2 is 2.11 bits per heavy atom. The maximum Gasteiger partial charge on any atom is 0.233 e. The Balaban J connectivity index is 1.58. The fraction of sp³-hybridized carbons (Fsp3) is 0.381. The van der Waals surface area contributed by atoms with Crippen LogP contribution in [-0.2, 0) is 4.79 Å². The lowest BCUT2D eigenvalue weighted by Crippen LogP contribution is -2.44. The van der Waals surface area contributed by atoms with E-state index in [1.165, 1.54) is 18.2 Å². The van der Waals surface area contributed by atoms with Crippen molar-refractivity contribution in [3.05, 3.63) is 42.7 Å². The summed E-state index contributed by atoms with van der Waals surface area (Å²) in [6.07, 6.45) is 6.08. The maximum atomic E-state index is 12.8. The summed E-state index contributed by atoms with van der Waals surface area (Å²) >= 11 is 1.49. The predicted octanol–water partition coefficient (Wildman–Crippen LogP) is 4.77. The number of benzene rings is 1. The number of nitrogens with zero attached hydrogens (tertiary/aromatic N) is 3. The summed E-state index contributed by atoms with van der Waals surface area (Å²) in [6, 6.07) is 12.0. The third-order valence-corrected chi connectivity index (χ3v) is 6.04. The highest BCUT2D eigenvalue weighted by Gasteiger charge is 2.25. The minimum Gasteiger partial charge on any atom is -0.461 e. The highest BCUT2D eigenvalue weighted by Crippen LogP contribution is 2.29. The highest BCUT2D eigenvalue weighted by atomic mass is 32.2. The molecule has 0 bridgehead atoms. The van der Waals surface area contributed by atoms with Crippen LogP contribution in [0.2, 0.25) is 0 Å². The fourth-order valence-electron chi connectivity index (χ4n) is 3.64. The van der Waals surface area contributed by atoms with Crippen molar-refractivity contribution in [2.24, 2.45) is 0 Å². The van der Waals surface area contributed by atoms with Crippen molar-refractivity contribution in [2.45, 2.75) is 43.7 Å². The summed E-state index contributed by atoms with van der Waals surface area (Å²) in [5.74, 6) is 1.79. The molecule has 1 unspecified atom stereocenters. The fourth-order valence-corrected chi connectivity index (χ4v) is 4.55. The topological polar surface area (TPSA) is 59.2 Å². The van der Waals surface area contributed by atoms with Crippen LogP contribution in [0.25, 0.3) is 22.5 Å². The monoisotopic (exact) mass is 381 g/mol. The van der Waals surface area contributed by atoms with Gasteiger partial charge in [-0.25, -0.2) is 9.97 Å². The van der Waals surface area contributed by atoms with E-state index in [1.807, 2.05) is 36.4 Å². The summed E-state index contributed by atoms with van der Waals surface area (Å²) in [4.78, 5) is 24.2.